The van der Waals surface area contributed by atoms with Crippen LogP contribution in [-0.4, -0.2) is 22.8 Å². The topological polar surface area (TPSA) is 46.5 Å². The van der Waals surface area contributed by atoms with E-state index in [-0.39, 0.29) is 17.6 Å². The van der Waals surface area contributed by atoms with Gasteiger partial charge in [-0.25, -0.2) is 0 Å². The van der Waals surface area contributed by atoms with Crippen LogP contribution in [0.15, 0.2) is 28.7 Å². The Morgan fingerprint density at radius 1 is 1.45 bits per heavy atom. The van der Waals surface area contributed by atoms with Crippen LogP contribution in [0.5, 0.6) is 0 Å². The minimum absolute atomic E-state index is 0.0709. The van der Waals surface area contributed by atoms with Gasteiger partial charge in [0.2, 0.25) is 0 Å². The van der Waals surface area contributed by atoms with Crippen molar-refractivity contribution in [3.8, 4) is 0 Å². The molecule has 20 heavy (non-hydrogen) atoms. The molecule has 4 heteroatoms. The van der Waals surface area contributed by atoms with Gasteiger partial charge in [-0.1, -0.05) is 28.1 Å². The first kappa shape index (κ1) is 15.5. The lowest BCUT2D eigenvalue weighted by Gasteiger charge is -2.21. The zero-order valence-electron chi connectivity index (χ0n) is 11.9. The maximum absolute atomic E-state index is 11.5. The summed E-state index contributed by atoms with van der Waals surface area (Å²) < 4.78 is 6.92. The molecule has 0 saturated carbocycles. The van der Waals surface area contributed by atoms with E-state index < -0.39 is 5.97 Å². The second-order valence-electron chi connectivity index (χ2n) is 6.14. The molecule has 1 fully saturated rings. The molecule has 2 rings (SSSR count). The third kappa shape index (κ3) is 4.32. The fraction of sp³-hybridized carbons (Fsp3) is 0.562. The van der Waals surface area contributed by atoms with Gasteiger partial charge in [0, 0.05) is 4.47 Å². The summed E-state index contributed by atoms with van der Waals surface area (Å²) in [5, 5.41) is 9.41. The van der Waals surface area contributed by atoms with Crippen molar-refractivity contribution in [3.05, 3.63) is 34.3 Å². The average Bonchev–Trinajstić information content (AvgIpc) is 2.70. The van der Waals surface area contributed by atoms with Crippen LogP contribution in [0.3, 0.4) is 0 Å². The number of ether oxygens (including phenoxy) is 1. The van der Waals surface area contributed by atoms with Gasteiger partial charge in [-0.05, 0) is 57.2 Å². The molecule has 0 spiro atoms. The molecule has 0 amide bonds. The van der Waals surface area contributed by atoms with Gasteiger partial charge in [0.1, 0.15) is 0 Å². The van der Waals surface area contributed by atoms with Crippen LogP contribution in [0.1, 0.15) is 38.7 Å². The Morgan fingerprint density at radius 2 is 2.10 bits per heavy atom. The zero-order chi connectivity index (χ0) is 14.8. The Hall–Kier alpha value is -0.870. The van der Waals surface area contributed by atoms with Gasteiger partial charge in [0.05, 0.1) is 17.6 Å². The highest BCUT2D eigenvalue weighted by molar-refractivity contribution is 9.10. The third-order valence-corrected chi connectivity index (χ3v) is 4.37. The molecule has 1 aliphatic rings. The first-order chi connectivity index (χ1) is 9.35. The molecular weight excluding hydrogens is 320 g/mol. The molecule has 3 nitrogen and oxygen atoms in total. The standard InChI is InChI=1S/C16H21BrO3/c1-16(2)8-7-14(20-16)10-12(15(18)19)9-11-3-5-13(17)6-4-11/h3-6,12,14H,7-10H2,1-2H3,(H,18,19). The van der Waals surface area contributed by atoms with Crippen LogP contribution in [0, 0.1) is 5.92 Å². The van der Waals surface area contributed by atoms with Crippen LogP contribution >= 0.6 is 15.9 Å². The van der Waals surface area contributed by atoms with Crippen LogP contribution < -0.4 is 0 Å². The Morgan fingerprint density at radius 3 is 2.60 bits per heavy atom. The van der Waals surface area contributed by atoms with Crippen LogP contribution in [0.25, 0.3) is 0 Å². The third-order valence-electron chi connectivity index (χ3n) is 3.85. The lowest BCUT2D eigenvalue weighted by molar-refractivity contribution is -0.143. The van der Waals surface area contributed by atoms with Crippen molar-refractivity contribution in [1.82, 2.24) is 0 Å². The first-order valence-corrected chi connectivity index (χ1v) is 7.80. The number of benzene rings is 1. The summed E-state index contributed by atoms with van der Waals surface area (Å²) in [5.74, 6) is -1.11. The molecule has 0 aromatic heterocycles. The van der Waals surface area contributed by atoms with E-state index in [0.717, 1.165) is 22.9 Å². The molecule has 110 valence electrons. The fourth-order valence-corrected chi connectivity index (χ4v) is 3.00. The number of carbonyl (C=O) groups is 1. The maximum Gasteiger partial charge on any atom is 0.306 e. The highest BCUT2D eigenvalue weighted by atomic mass is 79.9. The van der Waals surface area contributed by atoms with Crippen molar-refractivity contribution in [3.63, 3.8) is 0 Å². The molecule has 1 aromatic carbocycles. The number of carboxylic acid groups (broad SMARTS) is 1. The Labute approximate surface area is 128 Å². The molecule has 2 unspecified atom stereocenters. The predicted octanol–water partition coefficient (Wildman–Crippen LogP) is 4.04. The number of hydrogen-bond acceptors (Lipinski definition) is 2. The quantitative estimate of drug-likeness (QED) is 0.879. The van der Waals surface area contributed by atoms with Gasteiger partial charge in [0.25, 0.3) is 0 Å². The SMILES string of the molecule is CC1(C)CCC(CC(Cc2ccc(Br)cc2)C(=O)O)O1. The highest BCUT2D eigenvalue weighted by Crippen LogP contribution is 2.33. The van der Waals surface area contributed by atoms with Gasteiger partial charge in [-0.2, -0.15) is 0 Å². The van der Waals surface area contributed by atoms with Gasteiger partial charge in [-0.15, -0.1) is 0 Å². The average molecular weight is 341 g/mol. The molecular formula is C16H21BrO3. The maximum atomic E-state index is 11.5. The van der Waals surface area contributed by atoms with Crippen molar-refractivity contribution >= 4 is 21.9 Å². The van der Waals surface area contributed by atoms with Gasteiger partial charge >= 0.3 is 5.97 Å². The van der Waals surface area contributed by atoms with Crippen molar-refractivity contribution in [1.29, 1.82) is 0 Å². The molecule has 0 aliphatic carbocycles. The predicted molar refractivity (Wildman–Crippen MR) is 81.8 cm³/mol. The summed E-state index contributed by atoms with van der Waals surface area (Å²) in [4.78, 5) is 11.5. The van der Waals surface area contributed by atoms with Crippen LogP contribution in [0.4, 0.5) is 0 Å². The highest BCUT2D eigenvalue weighted by Gasteiger charge is 2.34. The van der Waals surface area contributed by atoms with E-state index >= 15 is 0 Å². The van der Waals surface area contributed by atoms with Crippen molar-refractivity contribution in [2.75, 3.05) is 0 Å². The summed E-state index contributed by atoms with van der Waals surface area (Å²) in [6.07, 6.45) is 3.18. The molecule has 1 saturated heterocycles. The van der Waals surface area contributed by atoms with E-state index in [9.17, 15) is 9.90 Å². The van der Waals surface area contributed by atoms with E-state index in [0.29, 0.717) is 12.8 Å². The molecule has 1 heterocycles. The van der Waals surface area contributed by atoms with Gasteiger partial charge in [-0.3, -0.25) is 4.79 Å². The van der Waals surface area contributed by atoms with Gasteiger partial charge in [0.15, 0.2) is 0 Å². The largest absolute Gasteiger partial charge is 0.481 e. The second kappa shape index (κ2) is 6.27. The summed E-state index contributed by atoms with van der Waals surface area (Å²) in [5.41, 5.74) is 0.948. The lowest BCUT2D eigenvalue weighted by atomic mass is 9.92. The van der Waals surface area contributed by atoms with E-state index in [4.69, 9.17) is 4.74 Å². The Kier molecular flexibility index (Phi) is 4.86. The smallest absolute Gasteiger partial charge is 0.306 e. The number of carboxylic acids is 1. The summed E-state index contributed by atoms with van der Waals surface area (Å²) in [7, 11) is 0. The number of hydrogen-bond donors (Lipinski definition) is 1. The number of rotatable bonds is 5. The molecule has 1 aliphatic heterocycles. The normalized spacial score (nSPS) is 22.6. The van der Waals surface area contributed by atoms with Gasteiger partial charge < -0.3 is 9.84 Å². The minimum atomic E-state index is -0.735. The van der Waals surface area contributed by atoms with Crippen molar-refractivity contribution < 1.29 is 14.6 Å². The Balaban J connectivity index is 1.97. The van der Waals surface area contributed by atoms with E-state index in [1.807, 2.05) is 24.3 Å². The number of aliphatic carboxylic acids is 1. The van der Waals surface area contributed by atoms with Crippen molar-refractivity contribution in [2.45, 2.75) is 51.2 Å². The summed E-state index contributed by atoms with van der Waals surface area (Å²) >= 11 is 3.39. The second-order valence-corrected chi connectivity index (χ2v) is 7.06. The minimum Gasteiger partial charge on any atom is -0.481 e. The van der Waals surface area contributed by atoms with Crippen LogP contribution in [0.2, 0.25) is 0 Å². The molecule has 2 atom stereocenters. The van der Waals surface area contributed by atoms with E-state index in [1.165, 1.54) is 0 Å². The molecule has 0 radical (unpaired) electrons. The first-order valence-electron chi connectivity index (χ1n) is 7.01. The molecule has 1 N–H and O–H groups in total. The van der Waals surface area contributed by atoms with Crippen molar-refractivity contribution in [2.24, 2.45) is 5.92 Å². The molecule has 1 aromatic rings. The van der Waals surface area contributed by atoms with Crippen LogP contribution in [-0.2, 0) is 16.0 Å². The zero-order valence-corrected chi connectivity index (χ0v) is 13.5. The lowest BCUT2D eigenvalue weighted by Crippen LogP contribution is -2.25. The fourth-order valence-electron chi connectivity index (χ4n) is 2.74. The molecule has 0 bridgehead atoms. The van der Waals surface area contributed by atoms with E-state index in [1.54, 1.807) is 0 Å². The summed E-state index contributed by atoms with van der Waals surface area (Å²) in [6.45, 7) is 4.13. The summed E-state index contributed by atoms with van der Waals surface area (Å²) in [6, 6.07) is 7.84. The van der Waals surface area contributed by atoms with E-state index in [2.05, 4.69) is 29.8 Å². The Bertz CT molecular complexity index is 467. The monoisotopic (exact) mass is 340 g/mol. The number of halogens is 1.